The van der Waals surface area contributed by atoms with E-state index in [1.807, 2.05) is 0 Å². The number of H-pyrrole nitrogens is 1. The smallest absolute Gasteiger partial charge is 0.328 e. The van der Waals surface area contributed by atoms with Crippen LogP contribution in [-0.2, 0) is 0 Å². The Bertz CT molecular complexity index is 365. The van der Waals surface area contributed by atoms with E-state index in [-0.39, 0.29) is 11.6 Å². The molecule has 1 aromatic rings. The minimum absolute atomic E-state index is 0.0886. The van der Waals surface area contributed by atoms with Gasteiger partial charge in [-0.1, -0.05) is 0 Å². The molecule has 0 radical (unpaired) electrons. The number of nitrogens with two attached hydrogens (primary N) is 1. The van der Waals surface area contributed by atoms with Crippen molar-refractivity contribution in [3.63, 3.8) is 0 Å². The monoisotopic (exact) mass is 169 g/mol. The summed E-state index contributed by atoms with van der Waals surface area (Å²) in [6.45, 7) is 2.17. The van der Waals surface area contributed by atoms with Gasteiger partial charge in [-0.2, -0.15) is 0 Å². The predicted octanol–water partition coefficient (Wildman–Crippen LogP) is -0.944. The van der Waals surface area contributed by atoms with E-state index in [9.17, 15) is 9.59 Å². The van der Waals surface area contributed by atoms with Gasteiger partial charge in [0.25, 0.3) is 5.56 Å². The Kier molecular flexibility index (Phi) is 2.44. The normalized spacial score (nSPS) is 12.8. The quantitative estimate of drug-likeness (QED) is 0.599. The fourth-order valence-electron chi connectivity index (χ4n) is 0.888. The van der Waals surface area contributed by atoms with Crippen molar-refractivity contribution in [1.82, 2.24) is 9.55 Å². The van der Waals surface area contributed by atoms with Gasteiger partial charge in [0, 0.05) is 24.8 Å². The summed E-state index contributed by atoms with van der Waals surface area (Å²) in [5, 5.41) is 0. The van der Waals surface area contributed by atoms with Crippen molar-refractivity contribution >= 4 is 0 Å². The number of aromatic amines is 1. The van der Waals surface area contributed by atoms with E-state index < -0.39 is 5.69 Å². The molecule has 1 atom stereocenters. The zero-order chi connectivity index (χ0) is 9.14. The maximum absolute atomic E-state index is 11.1. The van der Waals surface area contributed by atoms with Crippen LogP contribution in [0.3, 0.4) is 0 Å². The fourth-order valence-corrected chi connectivity index (χ4v) is 0.888. The van der Waals surface area contributed by atoms with Crippen LogP contribution in [0.25, 0.3) is 0 Å². The molecule has 0 spiro atoms. The predicted molar refractivity (Wildman–Crippen MR) is 45.1 cm³/mol. The Hall–Kier alpha value is -1.36. The number of nitrogens with zero attached hydrogens (tertiary/aromatic N) is 1. The van der Waals surface area contributed by atoms with Crippen LogP contribution in [0, 0.1) is 0 Å². The van der Waals surface area contributed by atoms with Crippen LogP contribution < -0.4 is 17.0 Å². The third kappa shape index (κ3) is 1.62. The molecule has 1 unspecified atom stereocenters. The Morgan fingerprint density at radius 1 is 1.67 bits per heavy atom. The average Bonchev–Trinajstić information content (AvgIpc) is 2.03. The first-order valence-corrected chi connectivity index (χ1v) is 3.66. The van der Waals surface area contributed by atoms with Gasteiger partial charge < -0.3 is 5.73 Å². The summed E-state index contributed by atoms with van der Waals surface area (Å²) < 4.78 is 1.39. The summed E-state index contributed by atoms with van der Waals surface area (Å²) in [4.78, 5) is 23.9. The lowest BCUT2D eigenvalue weighted by atomic mass is 10.3. The Labute approximate surface area is 68.8 Å². The van der Waals surface area contributed by atoms with Gasteiger partial charge in [0.15, 0.2) is 0 Å². The van der Waals surface area contributed by atoms with Crippen molar-refractivity contribution in [3.8, 4) is 0 Å². The van der Waals surface area contributed by atoms with Crippen LogP contribution in [0.4, 0.5) is 0 Å². The van der Waals surface area contributed by atoms with Gasteiger partial charge in [-0.3, -0.25) is 14.3 Å². The Balaban J connectivity index is 3.19. The highest BCUT2D eigenvalue weighted by Gasteiger charge is 2.02. The molecule has 5 nitrogen and oxygen atoms in total. The van der Waals surface area contributed by atoms with Crippen molar-refractivity contribution < 1.29 is 0 Å². The Morgan fingerprint density at radius 2 is 2.33 bits per heavy atom. The lowest BCUT2D eigenvalue weighted by molar-refractivity contribution is 0.526. The maximum atomic E-state index is 11.1. The topological polar surface area (TPSA) is 80.9 Å². The van der Waals surface area contributed by atoms with Crippen LogP contribution in [0.1, 0.15) is 13.0 Å². The second-order valence-corrected chi connectivity index (χ2v) is 2.60. The van der Waals surface area contributed by atoms with Gasteiger partial charge in [-0.15, -0.1) is 0 Å². The molecule has 0 saturated carbocycles. The van der Waals surface area contributed by atoms with E-state index in [1.165, 1.54) is 16.8 Å². The van der Waals surface area contributed by atoms with E-state index in [0.717, 1.165) is 0 Å². The SMILES string of the molecule is CC(CN)n1ccc(=O)[nH]c1=O. The van der Waals surface area contributed by atoms with Gasteiger partial charge in [0.1, 0.15) is 0 Å². The lowest BCUT2D eigenvalue weighted by Crippen LogP contribution is -2.33. The molecule has 0 bridgehead atoms. The summed E-state index contributed by atoms with van der Waals surface area (Å²) in [7, 11) is 0. The molecule has 1 aromatic heterocycles. The molecule has 5 heteroatoms. The van der Waals surface area contributed by atoms with Crippen LogP contribution >= 0.6 is 0 Å². The molecule has 0 amide bonds. The third-order valence-electron chi connectivity index (χ3n) is 1.67. The van der Waals surface area contributed by atoms with E-state index in [1.54, 1.807) is 6.92 Å². The molecule has 3 N–H and O–H groups in total. The molecule has 0 aromatic carbocycles. The summed E-state index contributed by atoms with van der Waals surface area (Å²) in [5.74, 6) is 0. The van der Waals surface area contributed by atoms with Crippen molar-refractivity contribution in [3.05, 3.63) is 33.1 Å². The second kappa shape index (κ2) is 3.36. The van der Waals surface area contributed by atoms with Gasteiger partial charge in [0.05, 0.1) is 0 Å². The summed E-state index contributed by atoms with van der Waals surface area (Å²) in [6.07, 6.45) is 1.44. The van der Waals surface area contributed by atoms with Crippen LogP contribution in [0.5, 0.6) is 0 Å². The molecule has 0 aliphatic heterocycles. The van der Waals surface area contributed by atoms with E-state index in [4.69, 9.17) is 5.73 Å². The van der Waals surface area contributed by atoms with Gasteiger partial charge >= 0.3 is 5.69 Å². The molecule has 1 heterocycles. The van der Waals surface area contributed by atoms with Crippen molar-refractivity contribution in [2.75, 3.05) is 6.54 Å². The molecule has 0 aliphatic carbocycles. The minimum Gasteiger partial charge on any atom is -0.328 e. The molecular weight excluding hydrogens is 158 g/mol. The maximum Gasteiger partial charge on any atom is 0.328 e. The average molecular weight is 169 g/mol. The van der Waals surface area contributed by atoms with Gasteiger partial charge in [0.2, 0.25) is 0 Å². The minimum atomic E-state index is -0.416. The summed E-state index contributed by atoms with van der Waals surface area (Å²) >= 11 is 0. The highest BCUT2D eigenvalue weighted by molar-refractivity contribution is 4.84. The fraction of sp³-hybridized carbons (Fsp3) is 0.429. The standard InChI is InChI=1S/C7H11N3O2/c1-5(4-8)10-3-2-6(11)9-7(10)12/h2-3,5H,4,8H2,1H3,(H,9,11,12). The number of aromatic nitrogens is 2. The number of hydrogen-bond acceptors (Lipinski definition) is 3. The molecule has 66 valence electrons. The zero-order valence-corrected chi connectivity index (χ0v) is 6.78. The number of hydrogen-bond donors (Lipinski definition) is 2. The van der Waals surface area contributed by atoms with Crippen molar-refractivity contribution in [2.45, 2.75) is 13.0 Å². The van der Waals surface area contributed by atoms with Crippen molar-refractivity contribution in [1.29, 1.82) is 0 Å². The van der Waals surface area contributed by atoms with Crippen LogP contribution in [0.2, 0.25) is 0 Å². The summed E-state index contributed by atoms with van der Waals surface area (Å²) in [6, 6.07) is 1.21. The first-order chi connectivity index (χ1) is 5.65. The highest BCUT2D eigenvalue weighted by atomic mass is 16.2. The second-order valence-electron chi connectivity index (χ2n) is 2.60. The lowest BCUT2D eigenvalue weighted by Gasteiger charge is -2.10. The number of nitrogens with one attached hydrogen (secondary N) is 1. The Morgan fingerprint density at radius 3 is 2.83 bits per heavy atom. The highest BCUT2D eigenvalue weighted by Crippen LogP contribution is 1.94. The molecule has 0 saturated heterocycles. The first-order valence-electron chi connectivity index (χ1n) is 3.66. The third-order valence-corrected chi connectivity index (χ3v) is 1.67. The molecule has 12 heavy (non-hydrogen) atoms. The van der Waals surface area contributed by atoms with E-state index in [2.05, 4.69) is 4.98 Å². The molecule has 1 rings (SSSR count). The number of rotatable bonds is 2. The zero-order valence-electron chi connectivity index (χ0n) is 6.78. The molecular formula is C7H11N3O2. The molecule has 0 fully saturated rings. The largest absolute Gasteiger partial charge is 0.328 e. The van der Waals surface area contributed by atoms with Crippen LogP contribution in [0.15, 0.2) is 21.9 Å². The van der Waals surface area contributed by atoms with Crippen LogP contribution in [-0.4, -0.2) is 16.1 Å². The van der Waals surface area contributed by atoms with E-state index in [0.29, 0.717) is 6.54 Å². The van der Waals surface area contributed by atoms with Gasteiger partial charge in [-0.25, -0.2) is 4.79 Å². The van der Waals surface area contributed by atoms with Crippen molar-refractivity contribution in [2.24, 2.45) is 5.73 Å². The first kappa shape index (κ1) is 8.73. The molecule has 0 aliphatic rings. The summed E-state index contributed by atoms with van der Waals surface area (Å²) in [5.41, 5.74) is 4.55. The van der Waals surface area contributed by atoms with Gasteiger partial charge in [-0.05, 0) is 6.92 Å². The van der Waals surface area contributed by atoms with E-state index >= 15 is 0 Å².